The SMILES string of the molecule is Cc1ccn2c(C(=O)Nc3cccc(C(=O)O)c3)c(C)nc2c1. The fourth-order valence-electron chi connectivity index (χ4n) is 2.46. The Balaban J connectivity index is 1.96. The first-order chi connectivity index (χ1) is 11.0. The molecule has 0 atom stereocenters. The summed E-state index contributed by atoms with van der Waals surface area (Å²) in [5, 5.41) is 11.7. The molecule has 0 saturated heterocycles. The lowest BCUT2D eigenvalue weighted by molar-refractivity contribution is 0.0696. The number of nitrogens with zero attached hydrogens (tertiary/aromatic N) is 2. The van der Waals surface area contributed by atoms with Crippen LogP contribution in [0.5, 0.6) is 0 Å². The lowest BCUT2D eigenvalue weighted by atomic mass is 10.2. The number of aromatic carboxylic acids is 1. The van der Waals surface area contributed by atoms with E-state index in [1.807, 2.05) is 19.1 Å². The Morgan fingerprint density at radius 1 is 1.17 bits per heavy atom. The van der Waals surface area contributed by atoms with Gasteiger partial charge in [-0.15, -0.1) is 0 Å². The molecule has 3 aromatic rings. The van der Waals surface area contributed by atoms with E-state index in [-0.39, 0.29) is 11.5 Å². The smallest absolute Gasteiger partial charge is 0.335 e. The minimum Gasteiger partial charge on any atom is -0.478 e. The zero-order chi connectivity index (χ0) is 16.6. The van der Waals surface area contributed by atoms with Crippen molar-refractivity contribution in [2.24, 2.45) is 0 Å². The number of hydrogen-bond donors (Lipinski definition) is 2. The van der Waals surface area contributed by atoms with E-state index in [9.17, 15) is 9.59 Å². The number of anilines is 1. The van der Waals surface area contributed by atoms with Crippen LogP contribution in [0.2, 0.25) is 0 Å². The Kier molecular flexibility index (Phi) is 3.57. The van der Waals surface area contributed by atoms with Crippen LogP contribution in [0.3, 0.4) is 0 Å². The molecular weight excluding hydrogens is 294 g/mol. The van der Waals surface area contributed by atoms with Gasteiger partial charge in [-0.25, -0.2) is 9.78 Å². The van der Waals surface area contributed by atoms with Crippen molar-refractivity contribution >= 4 is 23.2 Å². The van der Waals surface area contributed by atoms with Crippen LogP contribution in [0.15, 0.2) is 42.6 Å². The van der Waals surface area contributed by atoms with Crippen LogP contribution in [0, 0.1) is 13.8 Å². The first-order valence-electron chi connectivity index (χ1n) is 7.06. The molecule has 0 bridgehead atoms. The van der Waals surface area contributed by atoms with E-state index in [1.54, 1.807) is 29.7 Å². The Hall–Kier alpha value is -3.15. The van der Waals surface area contributed by atoms with Crippen molar-refractivity contribution in [3.05, 3.63) is 65.1 Å². The third-order valence-electron chi connectivity index (χ3n) is 3.54. The number of aromatic nitrogens is 2. The molecule has 0 radical (unpaired) electrons. The van der Waals surface area contributed by atoms with E-state index in [0.717, 1.165) is 5.56 Å². The van der Waals surface area contributed by atoms with E-state index in [4.69, 9.17) is 5.11 Å². The molecule has 2 heterocycles. The van der Waals surface area contributed by atoms with Gasteiger partial charge in [0.2, 0.25) is 0 Å². The summed E-state index contributed by atoms with van der Waals surface area (Å²) >= 11 is 0. The van der Waals surface area contributed by atoms with Crippen molar-refractivity contribution in [1.29, 1.82) is 0 Å². The van der Waals surface area contributed by atoms with Gasteiger partial charge in [0.25, 0.3) is 5.91 Å². The lowest BCUT2D eigenvalue weighted by Crippen LogP contribution is -2.16. The maximum absolute atomic E-state index is 12.6. The standard InChI is InChI=1S/C17H15N3O3/c1-10-6-7-20-14(8-10)18-11(2)15(20)16(21)19-13-5-3-4-12(9-13)17(22)23/h3-9H,1-2H3,(H,19,21)(H,22,23). The predicted octanol–water partition coefficient (Wildman–Crippen LogP) is 2.90. The Morgan fingerprint density at radius 3 is 2.70 bits per heavy atom. The molecule has 0 fully saturated rings. The molecule has 0 unspecified atom stereocenters. The van der Waals surface area contributed by atoms with Gasteiger partial charge in [-0.3, -0.25) is 9.20 Å². The first kappa shape index (κ1) is 14.8. The quantitative estimate of drug-likeness (QED) is 0.779. The number of nitrogens with one attached hydrogen (secondary N) is 1. The molecule has 23 heavy (non-hydrogen) atoms. The van der Waals surface area contributed by atoms with Gasteiger partial charge in [0.1, 0.15) is 11.3 Å². The van der Waals surface area contributed by atoms with E-state index in [1.165, 1.54) is 12.1 Å². The van der Waals surface area contributed by atoms with Crippen LogP contribution in [-0.2, 0) is 0 Å². The number of carbonyl (C=O) groups is 2. The molecule has 1 amide bonds. The summed E-state index contributed by atoms with van der Waals surface area (Å²) in [4.78, 5) is 27.9. The zero-order valence-electron chi connectivity index (χ0n) is 12.7. The van der Waals surface area contributed by atoms with E-state index < -0.39 is 5.97 Å². The van der Waals surface area contributed by atoms with Crippen LogP contribution in [0.4, 0.5) is 5.69 Å². The monoisotopic (exact) mass is 309 g/mol. The van der Waals surface area contributed by atoms with Crippen molar-refractivity contribution in [3.8, 4) is 0 Å². The first-order valence-corrected chi connectivity index (χ1v) is 7.06. The summed E-state index contributed by atoms with van der Waals surface area (Å²) in [5.74, 6) is -1.37. The summed E-state index contributed by atoms with van der Waals surface area (Å²) in [6, 6.07) is 9.92. The maximum Gasteiger partial charge on any atom is 0.335 e. The zero-order valence-corrected chi connectivity index (χ0v) is 12.7. The molecule has 6 heteroatoms. The summed E-state index contributed by atoms with van der Waals surface area (Å²) in [6.07, 6.45) is 1.80. The number of imidazole rings is 1. The normalized spacial score (nSPS) is 10.7. The molecule has 2 N–H and O–H groups in total. The number of carboxylic acid groups (broad SMARTS) is 1. The minimum absolute atomic E-state index is 0.119. The Morgan fingerprint density at radius 2 is 1.96 bits per heavy atom. The maximum atomic E-state index is 12.6. The average Bonchev–Trinajstić information content (AvgIpc) is 2.82. The third kappa shape index (κ3) is 2.78. The van der Waals surface area contributed by atoms with Crippen molar-refractivity contribution < 1.29 is 14.7 Å². The third-order valence-corrected chi connectivity index (χ3v) is 3.54. The number of benzene rings is 1. The molecule has 2 aromatic heterocycles. The van der Waals surface area contributed by atoms with Gasteiger partial charge < -0.3 is 10.4 Å². The van der Waals surface area contributed by atoms with E-state index in [2.05, 4.69) is 10.3 Å². The van der Waals surface area contributed by atoms with Crippen molar-refractivity contribution in [2.75, 3.05) is 5.32 Å². The second-order valence-corrected chi connectivity index (χ2v) is 5.32. The molecule has 3 rings (SSSR count). The lowest BCUT2D eigenvalue weighted by Gasteiger charge is -2.07. The van der Waals surface area contributed by atoms with Crippen molar-refractivity contribution in [3.63, 3.8) is 0 Å². The van der Waals surface area contributed by atoms with Crippen molar-refractivity contribution in [2.45, 2.75) is 13.8 Å². The highest BCUT2D eigenvalue weighted by Gasteiger charge is 2.17. The van der Waals surface area contributed by atoms with Gasteiger partial charge in [-0.1, -0.05) is 6.07 Å². The predicted molar refractivity (Wildman–Crippen MR) is 86.0 cm³/mol. The number of carbonyl (C=O) groups excluding carboxylic acids is 1. The molecule has 116 valence electrons. The fraction of sp³-hybridized carbons (Fsp3) is 0.118. The number of fused-ring (bicyclic) bond motifs is 1. The highest BCUT2D eigenvalue weighted by Crippen LogP contribution is 2.17. The largest absolute Gasteiger partial charge is 0.478 e. The van der Waals surface area contributed by atoms with Gasteiger partial charge in [0.15, 0.2) is 0 Å². The fourth-order valence-corrected chi connectivity index (χ4v) is 2.46. The summed E-state index contributed by atoms with van der Waals surface area (Å²) in [5.41, 5.74) is 3.35. The van der Waals surface area contributed by atoms with Gasteiger partial charge in [-0.2, -0.15) is 0 Å². The van der Waals surface area contributed by atoms with E-state index in [0.29, 0.717) is 22.7 Å². The summed E-state index contributed by atoms with van der Waals surface area (Å²) in [7, 11) is 0. The van der Waals surface area contributed by atoms with Gasteiger partial charge in [0.05, 0.1) is 11.3 Å². The molecular formula is C17H15N3O3. The van der Waals surface area contributed by atoms with Gasteiger partial charge in [0, 0.05) is 11.9 Å². The van der Waals surface area contributed by atoms with Crippen LogP contribution in [-0.4, -0.2) is 26.4 Å². The van der Waals surface area contributed by atoms with Crippen LogP contribution in [0.25, 0.3) is 5.65 Å². The highest BCUT2D eigenvalue weighted by molar-refractivity contribution is 6.05. The minimum atomic E-state index is -1.04. The summed E-state index contributed by atoms with van der Waals surface area (Å²) in [6.45, 7) is 3.73. The number of rotatable bonds is 3. The van der Waals surface area contributed by atoms with Crippen molar-refractivity contribution in [1.82, 2.24) is 9.38 Å². The number of aryl methyl sites for hydroxylation is 2. The molecule has 0 aliphatic rings. The summed E-state index contributed by atoms with van der Waals surface area (Å²) < 4.78 is 1.72. The Bertz CT molecular complexity index is 928. The topological polar surface area (TPSA) is 83.7 Å². The van der Waals surface area contributed by atoms with Gasteiger partial charge >= 0.3 is 5.97 Å². The number of hydrogen-bond acceptors (Lipinski definition) is 3. The molecule has 0 saturated carbocycles. The van der Waals surface area contributed by atoms with Crippen LogP contribution >= 0.6 is 0 Å². The number of pyridine rings is 1. The van der Waals surface area contributed by atoms with Crippen LogP contribution < -0.4 is 5.32 Å². The molecule has 0 spiro atoms. The molecule has 0 aliphatic heterocycles. The number of carboxylic acids is 1. The van der Waals surface area contributed by atoms with Gasteiger partial charge in [-0.05, 0) is 49.7 Å². The second-order valence-electron chi connectivity index (χ2n) is 5.32. The van der Waals surface area contributed by atoms with Crippen LogP contribution in [0.1, 0.15) is 32.1 Å². The molecule has 1 aromatic carbocycles. The molecule has 0 aliphatic carbocycles. The second kappa shape index (κ2) is 5.57. The number of amides is 1. The molecule has 6 nitrogen and oxygen atoms in total. The average molecular weight is 309 g/mol. The van der Waals surface area contributed by atoms with E-state index >= 15 is 0 Å². The Labute approximate surface area is 132 Å². The highest BCUT2D eigenvalue weighted by atomic mass is 16.4.